The predicted molar refractivity (Wildman–Crippen MR) is 130 cm³/mol. The SMILES string of the molecule is CCCC(O)C1CCC(c2ccc(COC3CCC(c4ccc(O)c(F)c4F)CC3)c(F)c2F)CC1. The molecule has 2 fully saturated rings. The molecule has 2 aromatic rings. The summed E-state index contributed by atoms with van der Waals surface area (Å²) in [6.07, 6.45) is 6.72. The van der Waals surface area contributed by atoms with Gasteiger partial charge in [-0.25, -0.2) is 13.2 Å². The smallest absolute Gasteiger partial charge is 0.200 e. The fourth-order valence-electron chi connectivity index (χ4n) is 6.00. The first-order chi connectivity index (χ1) is 17.3. The van der Waals surface area contributed by atoms with Gasteiger partial charge in [-0.1, -0.05) is 31.5 Å². The second-order valence-electron chi connectivity index (χ2n) is 10.5. The largest absolute Gasteiger partial charge is 0.505 e. The highest BCUT2D eigenvalue weighted by atomic mass is 19.2. The van der Waals surface area contributed by atoms with Crippen LogP contribution in [0.4, 0.5) is 17.6 Å². The number of halogens is 4. The Balaban J connectivity index is 1.30. The zero-order chi connectivity index (χ0) is 25.8. The summed E-state index contributed by atoms with van der Waals surface area (Å²) in [5.74, 6) is -4.59. The summed E-state index contributed by atoms with van der Waals surface area (Å²) >= 11 is 0. The van der Waals surface area contributed by atoms with Gasteiger partial charge in [-0.3, -0.25) is 0 Å². The van der Waals surface area contributed by atoms with Crippen LogP contribution in [0.25, 0.3) is 0 Å². The van der Waals surface area contributed by atoms with E-state index in [0.717, 1.165) is 38.5 Å². The number of hydrogen-bond acceptors (Lipinski definition) is 3. The number of aromatic hydroxyl groups is 1. The number of ether oxygens (including phenoxy) is 1. The van der Waals surface area contributed by atoms with Gasteiger partial charge in [0.1, 0.15) is 0 Å². The van der Waals surface area contributed by atoms with Crippen LogP contribution in [0, 0.1) is 29.2 Å². The van der Waals surface area contributed by atoms with Gasteiger partial charge in [0, 0.05) is 5.56 Å². The van der Waals surface area contributed by atoms with Gasteiger partial charge in [0.05, 0.1) is 18.8 Å². The molecule has 4 rings (SSSR count). The minimum Gasteiger partial charge on any atom is -0.505 e. The van der Waals surface area contributed by atoms with Crippen LogP contribution >= 0.6 is 0 Å². The Labute approximate surface area is 210 Å². The molecule has 1 atom stereocenters. The number of benzene rings is 2. The van der Waals surface area contributed by atoms with Crippen LogP contribution in [-0.2, 0) is 11.3 Å². The van der Waals surface area contributed by atoms with E-state index in [-0.39, 0.29) is 47.7 Å². The molecule has 0 radical (unpaired) electrons. The lowest BCUT2D eigenvalue weighted by molar-refractivity contribution is 0.0116. The molecular formula is C29H36F4O3. The molecule has 3 nitrogen and oxygen atoms in total. The zero-order valence-electron chi connectivity index (χ0n) is 20.8. The number of aliphatic hydroxyl groups is 1. The summed E-state index contributed by atoms with van der Waals surface area (Å²) in [5, 5.41) is 19.6. The van der Waals surface area contributed by atoms with E-state index < -0.39 is 29.0 Å². The fourth-order valence-corrected chi connectivity index (χ4v) is 6.00. The molecule has 2 aromatic carbocycles. The van der Waals surface area contributed by atoms with Gasteiger partial charge in [-0.05, 0) is 92.7 Å². The molecule has 198 valence electrons. The molecule has 0 amide bonds. The Bertz CT molecular complexity index is 1030. The average Bonchev–Trinajstić information content (AvgIpc) is 2.89. The lowest BCUT2D eigenvalue weighted by Crippen LogP contribution is -2.25. The first-order valence-electron chi connectivity index (χ1n) is 13.2. The summed E-state index contributed by atoms with van der Waals surface area (Å²) in [7, 11) is 0. The quantitative estimate of drug-likeness (QED) is 0.361. The molecule has 2 aliphatic rings. The van der Waals surface area contributed by atoms with Crippen LogP contribution in [-0.4, -0.2) is 22.4 Å². The highest BCUT2D eigenvalue weighted by Crippen LogP contribution is 2.40. The van der Waals surface area contributed by atoms with E-state index in [1.54, 1.807) is 12.1 Å². The Hall–Kier alpha value is -2.12. The van der Waals surface area contributed by atoms with E-state index in [4.69, 9.17) is 4.74 Å². The number of phenols is 1. The van der Waals surface area contributed by atoms with Crippen molar-refractivity contribution in [3.05, 3.63) is 64.2 Å². The minimum absolute atomic E-state index is 0.0417. The lowest BCUT2D eigenvalue weighted by atomic mass is 9.76. The Kier molecular flexibility index (Phi) is 8.94. The van der Waals surface area contributed by atoms with E-state index in [1.807, 2.05) is 6.92 Å². The van der Waals surface area contributed by atoms with Gasteiger partial charge in [0.25, 0.3) is 0 Å². The molecule has 0 saturated heterocycles. The third-order valence-electron chi connectivity index (χ3n) is 8.21. The third kappa shape index (κ3) is 5.88. The van der Waals surface area contributed by atoms with Crippen molar-refractivity contribution in [1.82, 2.24) is 0 Å². The van der Waals surface area contributed by atoms with Crippen molar-refractivity contribution in [2.24, 2.45) is 5.92 Å². The normalized spacial score (nSPS) is 25.6. The lowest BCUT2D eigenvalue weighted by Gasteiger charge is -2.32. The predicted octanol–water partition coefficient (Wildman–Crippen LogP) is 7.63. The van der Waals surface area contributed by atoms with Crippen molar-refractivity contribution >= 4 is 0 Å². The number of phenolic OH excluding ortho intramolecular Hbond substituents is 1. The molecule has 0 heterocycles. The first kappa shape index (κ1) is 26.9. The molecule has 0 spiro atoms. The standard InChI is InChI=1S/C29H36F4O3/c1-2-3-24(34)19-6-4-17(5-7-19)22-13-10-20(26(30)27(22)31)16-36-21-11-8-18(9-12-21)23-14-15-25(35)29(33)28(23)32/h10,13-15,17-19,21,24,34-35H,2-9,11-12,16H2,1H3. The summed E-state index contributed by atoms with van der Waals surface area (Å²) in [4.78, 5) is 0. The van der Waals surface area contributed by atoms with Gasteiger partial charge < -0.3 is 14.9 Å². The van der Waals surface area contributed by atoms with Crippen molar-refractivity contribution in [1.29, 1.82) is 0 Å². The van der Waals surface area contributed by atoms with Crippen LogP contribution < -0.4 is 0 Å². The molecule has 36 heavy (non-hydrogen) atoms. The Morgan fingerprint density at radius 3 is 1.94 bits per heavy atom. The molecule has 2 N–H and O–H groups in total. The molecule has 0 bridgehead atoms. The number of aliphatic hydroxyl groups excluding tert-OH is 1. The monoisotopic (exact) mass is 508 g/mol. The van der Waals surface area contributed by atoms with Gasteiger partial charge in [0.2, 0.25) is 5.82 Å². The fraction of sp³-hybridized carbons (Fsp3) is 0.586. The van der Waals surface area contributed by atoms with Gasteiger partial charge in [-0.2, -0.15) is 4.39 Å². The summed E-state index contributed by atoms with van der Waals surface area (Å²) in [6, 6.07) is 5.85. The number of hydrogen-bond donors (Lipinski definition) is 2. The molecule has 7 heteroatoms. The van der Waals surface area contributed by atoms with Crippen molar-refractivity contribution in [2.75, 3.05) is 0 Å². The van der Waals surface area contributed by atoms with Crippen LogP contribution in [0.5, 0.6) is 5.75 Å². The maximum absolute atomic E-state index is 15.0. The maximum atomic E-state index is 15.0. The number of rotatable bonds is 8. The highest BCUT2D eigenvalue weighted by molar-refractivity contribution is 5.32. The molecule has 0 aromatic heterocycles. The zero-order valence-corrected chi connectivity index (χ0v) is 20.8. The van der Waals surface area contributed by atoms with Gasteiger partial charge in [-0.15, -0.1) is 0 Å². The van der Waals surface area contributed by atoms with E-state index >= 15 is 0 Å². The van der Waals surface area contributed by atoms with Crippen LogP contribution in [0.15, 0.2) is 24.3 Å². The van der Waals surface area contributed by atoms with Crippen LogP contribution in [0.3, 0.4) is 0 Å². The van der Waals surface area contributed by atoms with E-state index in [1.165, 1.54) is 12.1 Å². The maximum Gasteiger partial charge on any atom is 0.200 e. The topological polar surface area (TPSA) is 49.7 Å². The van der Waals surface area contributed by atoms with E-state index in [2.05, 4.69) is 0 Å². The first-order valence-corrected chi connectivity index (χ1v) is 13.2. The molecule has 2 aliphatic carbocycles. The van der Waals surface area contributed by atoms with Crippen molar-refractivity contribution in [3.8, 4) is 5.75 Å². The van der Waals surface area contributed by atoms with E-state index in [9.17, 15) is 27.8 Å². The average molecular weight is 509 g/mol. The highest BCUT2D eigenvalue weighted by Gasteiger charge is 2.30. The Morgan fingerprint density at radius 2 is 1.33 bits per heavy atom. The van der Waals surface area contributed by atoms with Crippen LogP contribution in [0.1, 0.15) is 99.7 Å². The van der Waals surface area contributed by atoms with Crippen molar-refractivity contribution in [3.63, 3.8) is 0 Å². The Morgan fingerprint density at radius 1 is 0.778 bits per heavy atom. The molecular weight excluding hydrogens is 472 g/mol. The van der Waals surface area contributed by atoms with Gasteiger partial charge in [0.15, 0.2) is 23.2 Å². The van der Waals surface area contributed by atoms with Crippen molar-refractivity contribution in [2.45, 2.75) is 102 Å². The summed E-state index contributed by atoms with van der Waals surface area (Å²) in [6.45, 7) is 2.00. The van der Waals surface area contributed by atoms with Gasteiger partial charge >= 0.3 is 0 Å². The second-order valence-corrected chi connectivity index (χ2v) is 10.5. The van der Waals surface area contributed by atoms with Crippen molar-refractivity contribution < 1.29 is 32.5 Å². The minimum atomic E-state index is -1.23. The van der Waals surface area contributed by atoms with E-state index in [0.29, 0.717) is 31.2 Å². The second kappa shape index (κ2) is 12.0. The summed E-state index contributed by atoms with van der Waals surface area (Å²) in [5.41, 5.74) is 0.835. The molecule has 0 aliphatic heterocycles. The molecule has 1 unspecified atom stereocenters. The molecule has 2 saturated carbocycles. The summed E-state index contributed by atoms with van der Waals surface area (Å²) < 4.78 is 63.6. The van der Waals surface area contributed by atoms with Crippen LogP contribution in [0.2, 0.25) is 0 Å². The third-order valence-corrected chi connectivity index (χ3v) is 8.21.